The van der Waals surface area contributed by atoms with Gasteiger partial charge in [-0.3, -0.25) is 9.59 Å². The molecule has 106 valence electrons. The number of rotatable bonds is 5. The first-order chi connectivity index (χ1) is 7.51. The van der Waals surface area contributed by atoms with Crippen molar-refractivity contribution in [1.29, 1.82) is 0 Å². The maximum Gasteiger partial charge on any atom is 1.00 e. The molecule has 0 aromatic carbocycles. The van der Waals surface area contributed by atoms with Crippen LogP contribution in [0.25, 0.3) is 0 Å². The first-order valence-corrected chi connectivity index (χ1v) is 3.80. The van der Waals surface area contributed by atoms with Crippen LogP contribution in [0.3, 0.4) is 0 Å². The molecule has 0 spiro atoms. The Morgan fingerprint density at radius 3 is 1.15 bits per heavy atom. The summed E-state index contributed by atoms with van der Waals surface area (Å²) in [5.74, 6) is -5.02. The third-order valence-electron chi connectivity index (χ3n) is 1.29. The topological polar surface area (TPSA) is 192 Å². The number of carboxylic acid groups (broad SMARTS) is 5. The zero-order chi connectivity index (χ0) is 14.2. The second kappa shape index (κ2) is 15.3. The average molecular weight is 335 g/mol. The molecule has 20 heavy (non-hydrogen) atoms. The third-order valence-corrected chi connectivity index (χ3v) is 1.29. The van der Waals surface area contributed by atoms with Gasteiger partial charge in [0.15, 0.2) is 5.60 Å². The number of carboxylic acids is 3. The Balaban J connectivity index is -0.0000000951. The van der Waals surface area contributed by atoms with Crippen LogP contribution in [0.15, 0.2) is 0 Å². The molecule has 0 saturated heterocycles. The molecule has 0 atom stereocenters. The van der Waals surface area contributed by atoms with Crippen LogP contribution in [0.5, 0.6) is 0 Å². The Kier molecular flexibility index (Phi) is 24.5. The molecule has 0 aliphatic rings. The van der Waals surface area contributed by atoms with E-state index in [1.165, 1.54) is 0 Å². The van der Waals surface area contributed by atoms with Crippen LogP contribution in [0.1, 0.15) is 12.8 Å². The summed E-state index contributed by atoms with van der Waals surface area (Å²) in [4.78, 5) is 38.9. The largest absolute Gasteiger partial charge is 1.00 e. The van der Waals surface area contributed by atoms with Gasteiger partial charge in [0.05, 0.1) is 12.8 Å². The molecular weight excluding hydrogens is 326 g/mol. The molecule has 0 aliphatic heterocycles. The van der Waals surface area contributed by atoms with Gasteiger partial charge in [0.2, 0.25) is 6.16 Å². The third kappa shape index (κ3) is 20.3. The molecule has 0 fully saturated rings. The predicted octanol–water partition coefficient (Wildman–Crippen LogP) is -11.3. The Bertz CT molecular complexity index is 314. The van der Waals surface area contributed by atoms with Gasteiger partial charge in [0, 0.05) is 0 Å². The summed E-state index contributed by atoms with van der Waals surface area (Å²) in [5, 5.41) is 49.1. The quantitative estimate of drug-likeness (QED) is 0.301. The van der Waals surface area contributed by atoms with Crippen molar-refractivity contribution in [3.8, 4) is 0 Å². The van der Waals surface area contributed by atoms with E-state index in [2.05, 4.69) is 0 Å². The van der Waals surface area contributed by atoms with Crippen LogP contribution < -0.4 is 76.6 Å². The van der Waals surface area contributed by atoms with E-state index in [1.807, 2.05) is 0 Å². The zero-order valence-electron chi connectivity index (χ0n) is 10.6. The monoisotopic (exact) mass is 334 g/mol. The maximum absolute atomic E-state index is 10.3. The van der Waals surface area contributed by atoms with Crippen LogP contribution in [0, 0.1) is 0 Å². The first-order valence-electron chi connectivity index (χ1n) is 3.80. The fourth-order valence-electron chi connectivity index (χ4n) is 0.714. The Morgan fingerprint density at radius 1 is 0.850 bits per heavy atom. The molecule has 0 aromatic rings. The number of halogens is 1. The second-order valence-electron chi connectivity index (χ2n) is 2.74. The SMILES string of the molecule is O=C(O)CC(O)(CC(=O)O)C(=O)O.O=C([O-])O.[Cl-].[Na+].[Na+]. The van der Waals surface area contributed by atoms with E-state index in [9.17, 15) is 14.4 Å². The number of hydrogen-bond donors (Lipinski definition) is 5. The summed E-state index contributed by atoms with van der Waals surface area (Å²) in [6.07, 6.45) is -4.37. The first kappa shape index (κ1) is 32.0. The molecule has 0 saturated carbocycles. The van der Waals surface area contributed by atoms with Gasteiger partial charge < -0.3 is 47.8 Å². The summed E-state index contributed by atoms with van der Waals surface area (Å²) in [7, 11) is 0. The van der Waals surface area contributed by atoms with Gasteiger partial charge in [-0.25, -0.2) is 4.79 Å². The van der Waals surface area contributed by atoms with E-state index in [1.54, 1.807) is 0 Å². The molecule has 5 N–H and O–H groups in total. The standard InChI is InChI=1S/C6H8O7.CH2O3.ClH.2Na/c7-3(8)1-6(13,5(11)12)2-4(9)10;2-1(3)4;;;/h13H,1-2H2,(H,7,8)(H,9,10)(H,11,12);(H2,2,3,4);1H;;/q;;;2*+1/p-2. The summed E-state index contributed by atoms with van der Waals surface area (Å²) >= 11 is 0. The molecule has 0 amide bonds. The van der Waals surface area contributed by atoms with Gasteiger partial charge in [-0.15, -0.1) is 0 Å². The van der Waals surface area contributed by atoms with Crippen molar-refractivity contribution in [3.05, 3.63) is 0 Å². The van der Waals surface area contributed by atoms with Crippen molar-refractivity contribution in [2.75, 3.05) is 0 Å². The molecule has 0 aliphatic carbocycles. The van der Waals surface area contributed by atoms with Gasteiger partial charge >= 0.3 is 77.0 Å². The zero-order valence-corrected chi connectivity index (χ0v) is 15.3. The molecule has 0 unspecified atom stereocenters. The van der Waals surface area contributed by atoms with Crippen molar-refractivity contribution < 1.29 is 121 Å². The van der Waals surface area contributed by atoms with Gasteiger partial charge in [-0.1, -0.05) is 0 Å². The molecule has 10 nitrogen and oxygen atoms in total. The molecule has 0 aromatic heterocycles. The predicted molar refractivity (Wildman–Crippen MR) is 45.1 cm³/mol. The summed E-state index contributed by atoms with van der Waals surface area (Å²) in [6, 6.07) is 0. The van der Waals surface area contributed by atoms with Crippen molar-refractivity contribution in [3.63, 3.8) is 0 Å². The van der Waals surface area contributed by atoms with Crippen LogP contribution in [0.4, 0.5) is 4.79 Å². The van der Waals surface area contributed by atoms with Crippen molar-refractivity contribution in [2.24, 2.45) is 0 Å². The number of carbonyl (C=O) groups is 4. The van der Waals surface area contributed by atoms with Crippen LogP contribution >= 0.6 is 0 Å². The molecule has 0 bridgehead atoms. The van der Waals surface area contributed by atoms with E-state index in [0.29, 0.717) is 0 Å². The fourth-order valence-corrected chi connectivity index (χ4v) is 0.714. The van der Waals surface area contributed by atoms with Gasteiger partial charge in [-0.05, 0) is 0 Å². The fraction of sp³-hybridized carbons (Fsp3) is 0.429. The van der Waals surface area contributed by atoms with Crippen molar-refractivity contribution in [1.82, 2.24) is 0 Å². The molecule has 0 heterocycles. The van der Waals surface area contributed by atoms with Gasteiger partial charge in [0.1, 0.15) is 0 Å². The number of aliphatic carboxylic acids is 3. The van der Waals surface area contributed by atoms with E-state index >= 15 is 0 Å². The number of hydrogen-bond acceptors (Lipinski definition) is 6. The smallest absolute Gasteiger partial charge is 1.00 e. The van der Waals surface area contributed by atoms with E-state index in [0.717, 1.165) is 0 Å². The van der Waals surface area contributed by atoms with Crippen molar-refractivity contribution >= 4 is 24.1 Å². The Labute approximate surface area is 162 Å². The number of aliphatic hydroxyl groups is 1. The normalized spacial score (nSPS) is 8.25. The summed E-state index contributed by atoms with van der Waals surface area (Å²) < 4.78 is 0. The minimum absolute atomic E-state index is 0. The van der Waals surface area contributed by atoms with E-state index < -0.39 is 42.5 Å². The average Bonchev–Trinajstić information content (AvgIpc) is 1.98. The van der Waals surface area contributed by atoms with Crippen LogP contribution in [-0.4, -0.2) is 55.2 Å². The van der Waals surface area contributed by atoms with Gasteiger partial charge in [-0.2, -0.15) is 0 Å². The Morgan fingerprint density at radius 2 is 1.05 bits per heavy atom. The molecule has 13 heteroatoms. The minimum atomic E-state index is -2.74. The Hall–Kier alpha value is -0.0700. The van der Waals surface area contributed by atoms with Crippen LogP contribution in [0.2, 0.25) is 0 Å². The molecule has 0 rings (SSSR count). The summed E-state index contributed by atoms with van der Waals surface area (Å²) in [5.41, 5.74) is -2.74. The minimum Gasteiger partial charge on any atom is -1.00 e. The molecular formula is C7H9ClNa2O10. The van der Waals surface area contributed by atoms with Crippen molar-refractivity contribution in [2.45, 2.75) is 18.4 Å². The van der Waals surface area contributed by atoms with Crippen LogP contribution in [-0.2, 0) is 14.4 Å². The van der Waals surface area contributed by atoms with Gasteiger partial charge in [0.25, 0.3) is 0 Å². The molecule has 0 radical (unpaired) electrons. The maximum atomic E-state index is 10.3. The second-order valence-corrected chi connectivity index (χ2v) is 2.74. The van der Waals surface area contributed by atoms with E-state index in [-0.39, 0.29) is 71.5 Å². The summed E-state index contributed by atoms with van der Waals surface area (Å²) in [6.45, 7) is 0. The van der Waals surface area contributed by atoms with E-state index in [4.69, 9.17) is 35.4 Å².